The molecule has 8 nitrogen and oxygen atoms in total. The molecule has 0 bridgehead atoms. The third-order valence-corrected chi connectivity index (χ3v) is 6.40. The second-order valence-corrected chi connectivity index (χ2v) is 9.13. The number of imidazole rings is 1. The second-order valence-electron chi connectivity index (χ2n) is 9.13. The highest BCUT2D eigenvalue weighted by Crippen LogP contribution is 2.31. The van der Waals surface area contributed by atoms with Crippen LogP contribution >= 0.6 is 0 Å². The highest BCUT2D eigenvalue weighted by Gasteiger charge is 2.18. The van der Waals surface area contributed by atoms with E-state index in [-0.39, 0.29) is 12.6 Å². The second kappa shape index (κ2) is 11.7. The molecule has 0 N–H and O–H groups in total. The lowest BCUT2D eigenvalue weighted by molar-refractivity contribution is -0.396. The maximum atomic E-state index is 11.1. The van der Waals surface area contributed by atoms with Crippen LogP contribution in [-0.4, -0.2) is 35.3 Å². The lowest BCUT2D eigenvalue weighted by Gasteiger charge is -2.21. The summed E-state index contributed by atoms with van der Waals surface area (Å²) < 4.78 is 18.3. The summed E-state index contributed by atoms with van der Waals surface area (Å²) in [5, 5.41) is 11.1. The van der Waals surface area contributed by atoms with E-state index in [0.29, 0.717) is 35.6 Å². The number of nitro groups is 1. The SMILES string of the molecule is COc1ccc(C[C@@H](C)[C@@H](C)Cc2ccc(OCCn3cc(C)nc3[N+](=O)[O-])c(OC)c2)cc1C. The van der Waals surface area contributed by atoms with E-state index in [4.69, 9.17) is 14.2 Å². The summed E-state index contributed by atoms with van der Waals surface area (Å²) in [5.74, 6) is 2.98. The summed E-state index contributed by atoms with van der Waals surface area (Å²) >= 11 is 0. The van der Waals surface area contributed by atoms with Crippen LogP contribution in [0.3, 0.4) is 0 Å². The Morgan fingerprint density at radius 3 is 2.11 bits per heavy atom. The average Bonchev–Trinajstić information content (AvgIpc) is 3.20. The minimum atomic E-state index is -0.486. The standard InChI is InChI=1S/C27H35N3O5/c1-18(13-22-7-9-24(33-5)20(3)15-22)19(2)14-23-8-10-25(26(16-23)34-6)35-12-11-29-17-21(4)28-27(29)30(31)32/h7-10,15-19H,11-14H2,1-6H3/t18-,19+/m1/s1. The largest absolute Gasteiger partial charge is 0.496 e. The Bertz CT molecular complexity index is 1160. The van der Waals surface area contributed by atoms with Gasteiger partial charge in [0, 0.05) is 0 Å². The van der Waals surface area contributed by atoms with Gasteiger partial charge in [0.2, 0.25) is 0 Å². The molecule has 1 heterocycles. The van der Waals surface area contributed by atoms with Crippen LogP contribution in [0.25, 0.3) is 0 Å². The third-order valence-electron chi connectivity index (χ3n) is 6.40. The van der Waals surface area contributed by atoms with Crippen LogP contribution < -0.4 is 14.2 Å². The summed E-state index contributed by atoms with van der Waals surface area (Å²) in [6.45, 7) is 8.95. The molecule has 0 radical (unpaired) electrons. The number of aromatic nitrogens is 2. The van der Waals surface area contributed by atoms with Crippen LogP contribution in [0.1, 0.15) is 36.2 Å². The molecule has 0 amide bonds. The molecule has 8 heteroatoms. The highest BCUT2D eigenvalue weighted by molar-refractivity contribution is 5.43. The molecular weight excluding hydrogens is 446 g/mol. The fourth-order valence-corrected chi connectivity index (χ4v) is 4.27. The van der Waals surface area contributed by atoms with Gasteiger partial charge in [-0.25, -0.2) is 4.57 Å². The quantitative estimate of drug-likeness (QED) is 0.248. The molecule has 3 aromatic rings. The predicted octanol–water partition coefficient (Wildman–Crippen LogP) is 5.56. The maximum Gasteiger partial charge on any atom is 0.434 e. The first kappa shape index (κ1) is 26.1. The van der Waals surface area contributed by atoms with Crippen molar-refractivity contribution in [2.24, 2.45) is 11.8 Å². The molecule has 0 fully saturated rings. The van der Waals surface area contributed by atoms with Gasteiger partial charge in [0.15, 0.2) is 11.5 Å². The van der Waals surface area contributed by atoms with Gasteiger partial charge in [-0.1, -0.05) is 37.0 Å². The van der Waals surface area contributed by atoms with Crippen LogP contribution in [-0.2, 0) is 19.4 Å². The van der Waals surface area contributed by atoms with Crippen LogP contribution in [0, 0.1) is 35.8 Å². The number of hydrogen-bond acceptors (Lipinski definition) is 6. The smallest absolute Gasteiger partial charge is 0.434 e. The number of rotatable bonds is 12. The van der Waals surface area contributed by atoms with Gasteiger partial charge >= 0.3 is 5.95 Å². The molecular formula is C27H35N3O5. The van der Waals surface area contributed by atoms with Gasteiger partial charge in [-0.3, -0.25) is 0 Å². The molecule has 0 saturated carbocycles. The van der Waals surface area contributed by atoms with Gasteiger partial charge in [0.1, 0.15) is 30.8 Å². The van der Waals surface area contributed by atoms with E-state index < -0.39 is 4.92 Å². The normalized spacial score (nSPS) is 12.7. The number of nitrogens with zero attached hydrogens (tertiary/aromatic N) is 3. The fraction of sp³-hybridized carbons (Fsp3) is 0.444. The predicted molar refractivity (Wildman–Crippen MR) is 136 cm³/mol. The summed E-state index contributed by atoms with van der Waals surface area (Å²) in [6.07, 6.45) is 3.58. The number of methoxy groups -OCH3 is 2. The zero-order valence-electron chi connectivity index (χ0n) is 21.4. The zero-order valence-corrected chi connectivity index (χ0v) is 21.4. The van der Waals surface area contributed by atoms with E-state index in [9.17, 15) is 10.1 Å². The van der Waals surface area contributed by atoms with Gasteiger partial charge < -0.3 is 24.3 Å². The zero-order chi connectivity index (χ0) is 25.5. The lowest BCUT2D eigenvalue weighted by atomic mass is 9.85. The molecule has 2 aromatic carbocycles. The Morgan fingerprint density at radius 1 is 0.943 bits per heavy atom. The number of aryl methyl sites for hydroxylation is 2. The van der Waals surface area contributed by atoms with Crippen LogP contribution in [0.4, 0.5) is 5.95 Å². The van der Waals surface area contributed by atoms with Gasteiger partial charge in [-0.15, -0.1) is 0 Å². The first-order valence-electron chi connectivity index (χ1n) is 11.8. The fourth-order valence-electron chi connectivity index (χ4n) is 4.27. The van der Waals surface area contributed by atoms with Crippen molar-refractivity contribution in [2.75, 3.05) is 20.8 Å². The van der Waals surface area contributed by atoms with Crippen molar-refractivity contribution in [3.05, 3.63) is 75.1 Å². The average molecular weight is 482 g/mol. The molecule has 0 unspecified atom stereocenters. The Hall–Kier alpha value is -3.55. The summed E-state index contributed by atoms with van der Waals surface area (Å²) in [7, 11) is 3.32. The van der Waals surface area contributed by atoms with Crippen molar-refractivity contribution in [2.45, 2.75) is 47.1 Å². The van der Waals surface area contributed by atoms with Crippen molar-refractivity contribution < 1.29 is 19.1 Å². The first-order chi connectivity index (χ1) is 16.7. The minimum absolute atomic E-state index is 0.179. The van der Waals surface area contributed by atoms with Crippen molar-refractivity contribution in [3.8, 4) is 17.2 Å². The number of benzene rings is 2. The summed E-state index contributed by atoms with van der Waals surface area (Å²) in [4.78, 5) is 14.6. The van der Waals surface area contributed by atoms with Gasteiger partial charge in [0.25, 0.3) is 0 Å². The van der Waals surface area contributed by atoms with Crippen molar-refractivity contribution in [1.29, 1.82) is 0 Å². The molecule has 2 atom stereocenters. The molecule has 35 heavy (non-hydrogen) atoms. The highest BCUT2D eigenvalue weighted by atomic mass is 16.6. The monoisotopic (exact) mass is 481 g/mol. The Labute approximate surface area is 207 Å². The van der Waals surface area contributed by atoms with E-state index in [2.05, 4.69) is 44.0 Å². The molecule has 3 rings (SSSR count). The van der Waals surface area contributed by atoms with Gasteiger partial charge in [-0.2, -0.15) is 0 Å². The van der Waals surface area contributed by atoms with Crippen molar-refractivity contribution in [1.82, 2.24) is 9.55 Å². The minimum Gasteiger partial charge on any atom is -0.496 e. The molecule has 0 aliphatic rings. The topological polar surface area (TPSA) is 88.7 Å². The van der Waals surface area contributed by atoms with Gasteiger partial charge in [0.05, 0.1) is 14.2 Å². The third kappa shape index (κ3) is 6.74. The summed E-state index contributed by atoms with van der Waals surface area (Å²) in [6, 6.07) is 12.4. The van der Waals surface area contributed by atoms with E-state index in [1.54, 1.807) is 27.3 Å². The van der Waals surface area contributed by atoms with E-state index in [0.717, 1.165) is 24.2 Å². The van der Waals surface area contributed by atoms with E-state index in [1.807, 2.05) is 18.2 Å². The van der Waals surface area contributed by atoms with Crippen LogP contribution in [0.2, 0.25) is 0 Å². The Morgan fingerprint density at radius 2 is 1.54 bits per heavy atom. The Balaban J connectivity index is 1.59. The first-order valence-corrected chi connectivity index (χ1v) is 11.8. The van der Waals surface area contributed by atoms with Gasteiger partial charge in [-0.05, 0) is 78.3 Å². The van der Waals surface area contributed by atoms with E-state index in [1.165, 1.54) is 15.7 Å². The lowest BCUT2D eigenvalue weighted by Crippen LogP contribution is -2.14. The maximum absolute atomic E-state index is 11.1. The van der Waals surface area contributed by atoms with Crippen molar-refractivity contribution >= 4 is 5.95 Å². The molecule has 0 aliphatic carbocycles. The Kier molecular flexibility index (Phi) is 8.73. The van der Waals surface area contributed by atoms with Crippen LogP contribution in [0.5, 0.6) is 17.2 Å². The van der Waals surface area contributed by atoms with Crippen molar-refractivity contribution in [3.63, 3.8) is 0 Å². The van der Waals surface area contributed by atoms with E-state index >= 15 is 0 Å². The molecule has 1 aromatic heterocycles. The summed E-state index contributed by atoms with van der Waals surface area (Å²) in [5.41, 5.74) is 4.25. The van der Waals surface area contributed by atoms with Crippen LogP contribution in [0.15, 0.2) is 42.6 Å². The molecule has 188 valence electrons. The number of hydrogen-bond donors (Lipinski definition) is 0. The molecule has 0 spiro atoms. The number of ether oxygens (including phenoxy) is 3. The molecule has 0 saturated heterocycles. The molecule has 0 aliphatic heterocycles.